The van der Waals surface area contributed by atoms with Gasteiger partial charge in [0.05, 0.1) is 21.8 Å². The zero-order valence-corrected chi connectivity index (χ0v) is 18.8. The lowest BCUT2D eigenvalue weighted by atomic mass is 10.1. The minimum Gasteiger partial charge on any atom is -0.456 e. The zero-order chi connectivity index (χ0) is 22.2. The van der Waals surface area contributed by atoms with Gasteiger partial charge in [0, 0.05) is 44.8 Å². The van der Waals surface area contributed by atoms with Crippen LogP contribution in [0, 0.1) is 0 Å². The molecular formula is C20H22N4O5S2. The number of ether oxygens (including phenoxy) is 1. The Morgan fingerprint density at radius 1 is 1.23 bits per heavy atom. The first-order chi connectivity index (χ1) is 14.8. The lowest BCUT2D eigenvalue weighted by molar-refractivity contribution is 0.0468. The molecule has 3 aromatic rings. The second-order valence-electron chi connectivity index (χ2n) is 7.38. The van der Waals surface area contributed by atoms with Crippen LogP contribution in [-0.4, -0.2) is 55.3 Å². The number of esters is 1. The molecule has 11 heteroatoms. The topological polar surface area (TPSA) is 101 Å². The number of thiazole rings is 1. The van der Waals surface area contributed by atoms with Crippen molar-refractivity contribution in [1.82, 2.24) is 13.7 Å². The van der Waals surface area contributed by atoms with Gasteiger partial charge in [-0.3, -0.25) is 9.20 Å². The highest BCUT2D eigenvalue weighted by Gasteiger charge is 2.25. The van der Waals surface area contributed by atoms with E-state index in [2.05, 4.69) is 4.98 Å². The van der Waals surface area contributed by atoms with Crippen molar-refractivity contribution in [2.75, 3.05) is 32.1 Å². The Kier molecular flexibility index (Phi) is 5.82. The molecule has 4 rings (SSSR count). The number of anilines is 1. The Bertz CT molecular complexity index is 1290. The molecular weight excluding hydrogens is 440 g/mol. The van der Waals surface area contributed by atoms with Crippen LogP contribution in [0.25, 0.3) is 4.96 Å². The Hall–Kier alpha value is -2.76. The summed E-state index contributed by atoms with van der Waals surface area (Å²) < 4.78 is 33.1. The van der Waals surface area contributed by atoms with Crippen molar-refractivity contribution in [3.8, 4) is 0 Å². The predicted octanol–water partition coefficient (Wildman–Crippen LogP) is 1.96. The number of carbonyl (C=O) groups is 1. The van der Waals surface area contributed by atoms with Gasteiger partial charge in [-0.05, 0) is 31.0 Å². The number of nitrogens with zero attached hydrogens (tertiary/aromatic N) is 4. The molecule has 164 valence electrons. The first kappa shape index (κ1) is 21.5. The summed E-state index contributed by atoms with van der Waals surface area (Å²) in [7, 11) is -0.838. The Labute approximate surface area is 183 Å². The Balaban J connectivity index is 1.64. The molecule has 1 aromatic carbocycles. The van der Waals surface area contributed by atoms with Crippen LogP contribution >= 0.6 is 11.3 Å². The fraction of sp³-hybridized carbons (Fsp3) is 0.350. The molecule has 0 spiro atoms. The van der Waals surface area contributed by atoms with Gasteiger partial charge in [0.25, 0.3) is 5.56 Å². The molecule has 3 heterocycles. The third-order valence-corrected chi connectivity index (χ3v) is 7.69. The van der Waals surface area contributed by atoms with E-state index in [1.807, 2.05) is 4.90 Å². The van der Waals surface area contributed by atoms with Gasteiger partial charge in [-0.2, -0.15) is 0 Å². The maximum Gasteiger partial charge on any atom is 0.340 e. The van der Waals surface area contributed by atoms with Crippen LogP contribution in [0.5, 0.6) is 0 Å². The van der Waals surface area contributed by atoms with Crippen LogP contribution in [-0.2, 0) is 21.4 Å². The van der Waals surface area contributed by atoms with Crippen molar-refractivity contribution >= 4 is 38.0 Å². The second kappa shape index (κ2) is 8.40. The summed E-state index contributed by atoms with van der Waals surface area (Å²) in [6, 6.07) is 5.84. The highest BCUT2D eigenvalue weighted by atomic mass is 32.2. The number of rotatable bonds is 6. The summed E-state index contributed by atoms with van der Waals surface area (Å²) in [6.07, 6.45) is 3.63. The maximum atomic E-state index is 13.0. The Morgan fingerprint density at radius 3 is 2.68 bits per heavy atom. The van der Waals surface area contributed by atoms with E-state index in [0.29, 0.717) is 16.3 Å². The van der Waals surface area contributed by atoms with Crippen molar-refractivity contribution in [3.05, 3.63) is 57.5 Å². The van der Waals surface area contributed by atoms with E-state index in [1.165, 1.54) is 48.0 Å². The summed E-state index contributed by atoms with van der Waals surface area (Å²) in [6.45, 7) is 1.38. The molecule has 0 amide bonds. The highest BCUT2D eigenvalue weighted by Crippen LogP contribution is 2.29. The summed E-state index contributed by atoms with van der Waals surface area (Å²) in [5.74, 6) is -0.661. The lowest BCUT2D eigenvalue weighted by Crippen LogP contribution is -2.25. The van der Waals surface area contributed by atoms with E-state index in [4.69, 9.17) is 4.74 Å². The second-order valence-corrected chi connectivity index (χ2v) is 10.4. The van der Waals surface area contributed by atoms with Crippen LogP contribution in [0.1, 0.15) is 28.9 Å². The first-order valence-electron chi connectivity index (χ1n) is 9.72. The van der Waals surface area contributed by atoms with Crippen molar-refractivity contribution in [2.24, 2.45) is 0 Å². The molecule has 0 atom stereocenters. The van der Waals surface area contributed by atoms with Gasteiger partial charge in [-0.15, -0.1) is 11.3 Å². The molecule has 0 N–H and O–H groups in total. The number of fused-ring (bicyclic) bond motifs is 1. The van der Waals surface area contributed by atoms with Crippen LogP contribution in [0.3, 0.4) is 0 Å². The summed E-state index contributed by atoms with van der Waals surface area (Å²) in [5.41, 5.74) is 0.899. The van der Waals surface area contributed by atoms with E-state index in [1.54, 1.807) is 17.6 Å². The number of hydrogen-bond donors (Lipinski definition) is 0. The van der Waals surface area contributed by atoms with E-state index in [-0.39, 0.29) is 22.6 Å². The molecule has 1 saturated heterocycles. The SMILES string of the molecule is CN(C)S(=O)(=O)c1ccc(N2CCCC2)c(C(=O)OCc2cc(=O)n3ccsc3n2)c1. The number of benzene rings is 1. The fourth-order valence-electron chi connectivity index (χ4n) is 3.46. The smallest absolute Gasteiger partial charge is 0.340 e. The predicted molar refractivity (Wildman–Crippen MR) is 117 cm³/mol. The minimum absolute atomic E-state index is 0.0174. The molecule has 0 aliphatic carbocycles. The minimum atomic E-state index is -3.71. The van der Waals surface area contributed by atoms with Gasteiger partial charge in [-0.25, -0.2) is 22.5 Å². The molecule has 0 saturated carbocycles. The molecule has 2 aromatic heterocycles. The number of aromatic nitrogens is 2. The molecule has 1 aliphatic rings. The first-order valence-corrected chi connectivity index (χ1v) is 12.0. The average Bonchev–Trinajstić information content (AvgIpc) is 3.43. The monoisotopic (exact) mass is 462 g/mol. The number of carbonyl (C=O) groups excluding carboxylic acids is 1. The molecule has 1 aliphatic heterocycles. The van der Waals surface area contributed by atoms with E-state index in [9.17, 15) is 18.0 Å². The van der Waals surface area contributed by atoms with Crippen molar-refractivity contribution in [1.29, 1.82) is 0 Å². The van der Waals surface area contributed by atoms with Crippen LogP contribution in [0.4, 0.5) is 5.69 Å². The fourth-order valence-corrected chi connectivity index (χ4v) is 5.13. The highest BCUT2D eigenvalue weighted by molar-refractivity contribution is 7.89. The lowest BCUT2D eigenvalue weighted by Gasteiger charge is -2.22. The van der Waals surface area contributed by atoms with E-state index in [0.717, 1.165) is 30.2 Å². The summed E-state index contributed by atoms with van der Waals surface area (Å²) >= 11 is 1.31. The molecule has 31 heavy (non-hydrogen) atoms. The van der Waals surface area contributed by atoms with Crippen LogP contribution in [0.2, 0.25) is 0 Å². The van der Waals surface area contributed by atoms with Gasteiger partial charge in [0.1, 0.15) is 6.61 Å². The van der Waals surface area contributed by atoms with Gasteiger partial charge < -0.3 is 9.64 Å². The largest absolute Gasteiger partial charge is 0.456 e. The summed E-state index contributed by atoms with van der Waals surface area (Å²) in [5, 5.41) is 1.75. The molecule has 9 nitrogen and oxygen atoms in total. The van der Waals surface area contributed by atoms with Gasteiger partial charge in [-0.1, -0.05) is 0 Å². The van der Waals surface area contributed by atoms with Crippen molar-refractivity contribution in [3.63, 3.8) is 0 Å². The molecule has 1 fully saturated rings. The summed E-state index contributed by atoms with van der Waals surface area (Å²) in [4.78, 5) is 32.0. The quantitative estimate of drug-likeness (QED) is 0.516. The molecule has 0 radical (unpaired) electrons. The number of sulfonamides is 1. The third kappa shape index (κ3) is 4.21. The zero-order valence-electron chi connectivity index (χ0n) is 17.1. The average molecular weight is 463 g/mol. The van der Waals surface area contributed by atoms with Crippen molar-refractivity contribution < 1.29 is 17.9 Å². The van der Waals surface area contributed by atoms with Gasteiger partial charge in [0.15, 0.2) is 4.96 Å². The van der Waals surface area contributed by atoms with Crippen molar-refractivity contribution in [2.45, 2.75) is 24.3 Å². The van der Waals surface area contributed by atoms with Crippen LogP contribution < -0.4 is 10.5 Å². The normalized spacial score (nSPS) is 14.5. The standard InChI is InChI=1S/C20H22N4O5S2/c1-22(2)31(27,28)15-5-6-17(23-7-3-4-8-23)16(12-15)19(26)29-13-14-11-18(25)24-9-10-30-20(24)21-14/h5-6,9-12H,3-4,7-8,13H2,1-2H3. The molecule has 0 unspecified atom stereocenters. The van der Waals surface area contributed by atoms with E-state index >= 15 is 0 Å². The van der Waals surface area contributed by atoms with Gasteiger partial charge >= 0.3 is 5.97 Å². The number of hydrogen-bond acceptors (Lipinski definition) is 8. The Morgan fingerprint density at radius 2 is 1.97 bits per heavy atom. The van der Waals surface area contributed by atoms with Crippen LogP contribution in [0.15, 0.2) is 45.5 Å². The maximum absolute atomic E-state index is 13.0. The van der Waals surface area contributed by atoms with E-state index < -0.39 is 16.0 Å². The third-order valence-electron chi connectivity index (χ3n) is 5.12. The molecule has 0 bridgehead atoms. The van der Waals surface area contributed by atoms with Gasteiger partial charge in [0.2, 0.25) is 10.0 Å².